The van der Waals surface area contributed by atoms with Crippen molar-refractivity contribution in [3.8, 4) is 0 Å². The number of fused-ring (bicyclic) bond motifs is 1. The molecule has 0 bridgehead atoms. The fourth-order valence-electron chi connectivity index (χ4n) is 4.54. The first-order chi connectivity index (χ1) is 13.9. The molecule has 0 spiro atoms. The minimum Gasteiger partial charge on any atom is -0.369 e. The zero-order valence-corrected chi connectivity index (χ0v) is 16.3. The van der Waals surface area contributed by atoms with Crippen LogP contribution in [-0.2, 0) is 0 Å². The number of nitrogens with zero attached hydrogens (tertiary/aromatic N) is 4. The van der Waals surface area contributed by atoms with Gasteiger partial charge in [-0.3, -0.25) is 4.40 Å². The molecule has 2 N–H and O–H groups in total. The lowest BCUT2D eigenvalue weighted by atomic mass is 9.87. The molecule has 0 unspecified atom stereocenters. The van der Waals surface area contributed by atoms with Crippen molar-refractivity contribution >= 4 is 22.8 Å². The summed E-state index contributed by atoms with van der Waals surface area (Å²) in [5, 5.41) is 6.87. The molecule has 1 aliphatic heterocycles. The molecule has 2 fully saturated rings. The van der Waals surface area contributed by atoms with Crippen molar-refractivity contribution in [1.82, 2.24) is 19.7 Å². The quantitative estimate of drug-likeness (QED) is 0.723. The molecule has 3 aromatic rings. The van der Waals surface area contributed by atoms with Crippen LogP contribution in [0.3, 0.4) is 0 Å². The lowest BCUT2D eigenvalue weighted by Crippen LogP contribution is -2.43. The third kappa shape index (κ3) is 3.44. The van der Waals surface area contributed by atoms with E-state index in [4.69, 9.17) is 4.98 Å². The summed E-state index contributed by atoms with van der Waals surface area (Å²) in [6.45, 7) is 4.22. The number of rotatable bonds is 4. The SMILES string of the molecule is c1cn2c(C3CCCCC3)cnc(Nc3ccc(N4CCNCC4)cc3)c2n1. The zero-order valence-electron chi connectivity index (χ0n) is 16.3. The average molecular weight is 377 g/mol. The van der Waals surface area contributed by atoms with Crippen LogP contribution in [0, 0.1) is 0 Å². The maximum absolute atomic E-state index is 4.75. The smallest absolute Gasteiger partial charge is 0.180 e. The highest BCUT2D eigenvalue weighted by atomic mass is 15.2. The van der Waals surface area contributed by atoms with Crippen LogP contribution in [0.2, 0.25) is 0 Å². The van der Waals surface area contributed by atoms with Crippen LogP contribution in [0.25, 0.3) is 5.65 Å². The first-order valence-corrected chi connectivity index (χ1v) is 10.5. The highest BCUT2D eigenvalue weighted by Gasteiger charge is 2.20. The Kier molecular flexibility index (Phi) is 4.87. The van der Waals surface area contributed by atoms with Gasteiger partial charge in [-0.1, -0.05) is 19.3 Å². The van der Waals surface area contributed by atoms with Gasteiger partial charge >= 0.3 is 0 Å². The predicted octanol–water partition coefficient (Wildman–Crippen LogP) is 3.93. The number of imidazole rings is 1. The molecule has 5 rings (SSSR count). The predicted molar refractivity (Wildman–Crippen MR) is 114 cm³/mol. The van der Waals surface area contributed by atoms with Crippen LogP contribution < -0.4 is 15.5 Å². The Bertz CT molecular complexity index is 920. The molecule has 0 atom stereocenters. The highest BCUT2D eigenvalue weighted by molar-refractivity contribution is 5.71. The topological polar surface area (TPSA) is 57.5 Å². The van der Waals surface area contributed by atoms with Gasteiger partial charge in [-0.2, -0.15) is 0 Å². The lowest BCUT2D eigenvalue weighted by Gasteiger charge is -2.29. The number of anilines is 3. The molecule has 6 heteroatoms. The van der Waals surface area contributed by atoms with E-state index in [1.165, 1.54) is 43.5 Å². The fraction of sp³-hybridized carbons (Fsp3) is 0.455. The van der Waals surface area contributed by atoms with Crippen LogP contribution in [-0.4, -0.2) is 40.5 Å². The molecule has 1 aromatic carbocycles. The van der Waals surface area contributed by atoms with Crippen LogP contribution in [0.5, 0.6) is 0 Å². The number of benzene rings is 1. The molecule has 146 valence electrons. The Labute approximate surface area is 166 Å². The van der Waals surface area contributed by atoms with Gasteiger partial charge in [-0.05, 0) is 37.1 Å². The molecule has 2 aliphatic rings. The molecule has 1 saturated carbocycles. The highest BCUT2D eigenvalue weighted by Crippen LogP contribution is 2.33. The van der Waals surface area contributed by atoms with E-state index in [9.17, 15) is 0 Å². The van der Waals surface area contributed by atoms with E-state index in [1.54, 1.807) is 0 Å². The molecule has 6 nitrogen and oxygen atoms in total. The van der Waals surface area contributed by atoms with Crippen molar-refractivity contribution < 1.29 is 0 Å². The summed E-state index contributed by atoms with van der Waals surface area (Å²) >= 11 is 0. The van der Waals surface area contributed by atoms with Crippen molar-refractivity contribution in [2.75, 3.05) is 36.4 Å². The lowest BCUT2D eigenvalue weighted by molar-refractivity contribution is 0.433. The summed E-state index contributed by atoms with van der Waals surface area (Å²) in [4.78, 5) is 11.8. The summed E-state index contributed by atoms with van der Waals surface area (Å²) in [6.07, 6.45) is 12.5. The summed E-state index contributed by atoms with van der Waals surface area (Å²) in [6, 6.07) is 8.64. The van der Waals surface area contributed by atoms with E-state index in [0.717, 1.165) is 43.3 Å². The van der Waals surface area contributed by atoms with Crippen LogP contribution in [0.15, 0.2) is 42.9 Å². The van der Waals surface area contributed by atoms with Gasteiger partial charge in [0.25, 0.3) is 0 Å². The largest absolute Gasteiger partial charge is 0.369 e. The summed E-state index contributed by atoms with van der Waals surface area (Å²) < 4.78 is 2.22. The first-order valence-electron chi connectivity index (χ1n) is 10.5. The third-order valence-corrected chi connectivity index (χ3v) is 6.09. The monoisotopic (exact) mass is 376 g/mol. The van der Waals surface area contributed by atoms with Gasteiger partial charge in [-0.25, -0.2) is 9.97 Å². The van der Waals surface area contributed by atoms with Gasteiger partial charge in [0.1, 0.15) is 0 Å². The second kappa shape index (κ2) is 7.80. The molecular weight excluding hydrogens is 348 g/mol. The molecule has 3 heterocycles. The van der Waals surface area contributed by atoms with E-state index in [1.807, 2.05) is 12.4 Å². The number of nitrogens with one attached hydrogen (secondary N) is 2. The molecule has 1 saturated heterocycles. The van der Waals surface area contributed by atoms with Crippen LogP contribution in [0.4, 0.5) is 17.2 Å². The fourth-order valence-corrected chi connectivity index (χ4v) is 4.54. The zero-order chi connectivity index (χ0) is 18.8. The maximum Gasteiger partial charge on any atom is 0.180 e. The Hall–Kier alpha value is -2.60. The second-order valence-electron chi connectivity index (χ2n) is 7.90. The van der Waals surface area contributed by atoms with Gasteiger partial charge in [0.15, 0.2) is 11.5 Å². The number of hydrogen-bond donors (Lipinski definition) is 2. The summed E-state index contributed by atoms with van der Waals surface area (Å²) in [5.74, 6) is 1.42. The Morgan fingerprint density at radius 2 is 1.75 bits per heavy atom. The molecule has 28 heavy (non-hydrogen) atoms. The van der Waals surface area contributed by atoms with Gasteiger partial charge < -0.3 is 15.5 Å². The number of aromatic nitrogens is 3. The minimum absolute atomic E-state index is 0.602. The summed E-state index contributed by atoms with van der Waals surface area (Å²) in [5.41, 5.74) is 4.53. The molecule has 0 radical (unpaired) electrons. The second-order valence-corrected chi connectivity index (χ2v) is 7.90. The minimum atomic E-state index is 0.602. The van der Waals surface area contributed by atoms with Crippen molar-refractivity contribution in [2.45, 2.75) is 38.0 Å². The summed E-state index contributed by atoms with van der Waals surface area (Å²) in [7, 11) is 0. The van der Waals surface area contributed by atoms with E-state index in [-0.39, 0.29) is 0 Å². The third-order valence-electron chi connectivity index (χ3n) is 6.09. The van der Waals surface area contributed by atoms with Crippen molar-refractivity contribution in [3.63, 3.8) is 0 Å². The van der Waals surface area contributed by atoms with E-state index in [2.05, 4.69) is 55.4 Å². The standard InChI is InChI=1S/C22H28N6/c1-2-4-17(5-3-1)20-16-25-21(22-24-12-15-28(20)22)26-18-6-8-19(9-7-18)27-13-10-23-11-14-27/h6-9,12,15-17,23H,1-5,10-11,13-14H2,(H,25,26). The van der Waals surface area contributed by atoms with Crippen molar-refractivity contribution in [1.29, 1.82) is 0 Å². The Morgan fingerprint density at radius 3 is 2.54 bits per heavy atom. The van der Waals surface area contributed by atoms with Crippen LogP contribution in [0.1, 0.15) is 43.7 Å². The van der Waals surface area contributed by atoms with Crippen molar-refractivity contribution in [3.05, 3.63) is 48.5 Å². The van der Waals surface area contributed by atoms with Crippen molar-refractivity contribution in [2.24, 2.45) is 0 Å². The molecule has 2 aromatic heterocycles. The van der Waals surface area contributed by atoms with Gasteiger partial charge in [-0.15, -0.1) is 0 Å². The molecule has 1 aliphatic carbocycles. The number of hydrogen-bond acceptors (Lipinski definition) is 5. The Balaban J connectivity index is 1.37. The van der Waals surface area contributed by atoms with Gasteiger partial charge in [0.05, 0.1) is 0 Å². The Morgan fingerprint density at radius 1 is 0.964 bits per heavy atom. The maximum atomic E-state index is 4.75. The van der Waals surface area contributed by atoms with E-state index in [0.29, 0.717) is 5.92 Å². The van der Waals surface area contributed by atoms with Gasteiger partial charge in [0, 0.05) is 67.8 Å². The van der Waals surface area contributed by atoms with Gasteiger partial charge in [0.2, 0.25) is 0 Å². The molecule has 0 amide bonds. The number of piperazine rings is 1. The van der Waals surface area contributed by atoms with Crippen LogP contribution >= 0.6 is 0 Å². The van der Waals surface area contributed by atoms with E-state index >= 15 is 0 Å². The average Bonchev–Trinajstić information content (AvgIpc) is 3.26. The normalized spacial score (nSPS) is 18.5. The first kappa shape index (κ1) is 17.5. The van der Waals surface area contributed by atoms with E-state index < -0.39 is 0 Å². The molecular formula is C22H28N6.